The van der Waals surface area contributed by atoms with Crippen molar-refractivity contribution in [2.24, 2.45) is 0 Å². The zero-order valence-electron chi connectivity index (χ0n) is 19.2. The molecule has 2 N–H and O–H groups in total. The smallest absolute Gasteiger partial charge is 0.335 e. The Bertz CT molecular complexity index is 1470. The number of hydrogen-bond donors (Lipinski definition) is 2. The van der Waals surface area contributed by atoms with Gasteiger partial charge in [-0.15, -0.1) is 0 Å². The van der Waals surface area contributed by atoms with E-state index in [1.54, 1.807) is 19.1 Å². The molecule has 0 aromatic heterocycles. The van der Waals surface area contributed by atoms with Crippen LogP contribution in [0.3, 0.4) is 0 Å². The van der Waals surface area contributed by atoms with Crippen LogP contribution in [0.4, 0.5) is 20.6 Å². The van der Waals surface area contributed by atoms with Crippen LogP contribution in [0.25, 0.3) is 6.08 Å². The molecule has 0 saturated carbocycles. The number of ether oxygens (including phenoxy) is 1. The van der Waals surface area contributed by atoms with Gasteiger partial charge in [-0.1, -0.05) is 47.5 Å². The third-order valence-electron chi connectivity index (χ3n) is 5.29. The number of hydrogen-bond acceptors (Lipinski definition) is 5. The molecule has 37 heavy (non-hydrogen) atoms. The highest BCUT2D eigenvalue weighted by Crippen LogP contribution is 2.29. The molecule has 0 unspecified atom stereocenters. The minimum atomic E-state index is -0.900. The minimum Gasteiger partial charge on any atom is -0.482 e. The first-order valence-corrected chi connectivity index (χ1v) is 11.5. The number of anilines is 2. The minimum absolute atomic E-state index is 0.0139. The van der Waals surface area contributed by atoms with Gasteiger partial charge in [0.25, 0.3) is 17.7 Å². The molecule has 0 radical (unpaired) electrons. The van der Waals surface area contributed by atoms with Crippen molar-refractivity contribution in [2.45, 2.75) is 6.92 Å². The SMILES string of the molecule is Cc1ccc(N2C(=O)NC(=O)/C(=C\c3ccc(OCC(=O)Nc4ccccc4F)c(Cl)c3)C2=O)cc1Cl. The number of nitrogens with one attached hydrogen (secondary N) is 2. The maximum atomic E-state index is 13.7. The molecule has 1 fully saturated rings. The number of benzene rings is 3. The largest absolute Gasteiger partial charge is 0.482 e. The summed E-state index contributed by atoms with van der Waals surface area (Å²) in [5.74, 6) is -2.74. The van der Waals surface area contributed by atoms with Gasteiger partial charge in [0.1, 0.15) is 17.1 Å². The maximum absolute atomic E-state index is 13.7. The van der Waals surface area contributed by atoms with Gasteiger partial charge in [-0.3, -0.25) is 19.7 Å². The molecular weight excluding hydrogens is 524 g/mol. The molecule has 1 aliphatic heterocycles. The normalized spacial score (nSPS) is 14.5. The first-order valence-electron chi connectivity index (χ1n) is 10.8. The number of imide groups is 2. The third kappa shape index (κ3) is 5.79. The van der Waals surface area contributed by atoms with E-state index in [2.05, 4.69) is 10.6 Å². The molecule has 0 bridgehead atoms. The number of rotatable bonds is 6. The van der Waals surface area contributed by atoms with Crippen LogP contribution in [0.1, 0.15) is 11.1 Å². The number of amides is 5. The van der Waals surface area contributed by atoms with Crippen molar-refractivity contribution in [3.8, 4) is 5.75 Å². The van der Waals surface area contributed by atoms with E-state index in [0.717, 1.165) is 10.5 Å². The predicted molar refractivity (Wildman–Crippen MR) is 137 cm³/mol. The Morgan fingerprint density at radius 3 is 2.51 bits per heavy atom. The first-order chi connectivity index (χ1) is 17.6. The lowest BCUT2D eigenvalue weighted by Gasteiger charge is -2.26. The fourth-order valence-electron chi connectivity index (χ4n) is 3.40. The Morgan fingerprint density at radius 1 is 1.05 bits per heavy atom. The Hall–Kier alpha value is -4.21. The predicted octanol–water partition coefficient (Wildman–Crippen LogP) is 5.12. The van der Waals surface area contributed by atoms with E-state index in [-0.39, 0.29) is 27.7 Å². The van der Waals surface area contributed by atoms with Crippen LogP contribution < -0.4 is 20.3 Å². The third-order valence-corrected chi connectivity index (χ3v) is 5.99. The molecule has 5 amide bonds. The second-order valence-corrected chi connectivity index (χ2v) is 8.71. The highest BCUT2D eigenvalue weighted by molar-refractivity contribution is 6.39. The molecule has 11 heteroatoms. The van der Waals surface area contributed by atoms with Crippen molar-refractivity contribution in [1.29, 1.82) is 0 Å². The average molecular weight is 542 g/mol. The van der Waals surface area contributed by atoms with E-state index in [0.29, 0.717) is 10.6 Å². The van der Waals surface area contributed by atoms with Gasteiger partial charge in [0.05, 0.1) is 16.4 Å². The van der Waals surface area contributed by atoms with Gasteiger partial charge in [0.2, 0.25) is 0 Å². The summed E-state index contributed by atoms with van der Waals surface area (Å²) in [6.45, 7) is 1.33. The maximum Gasteiger partial charge on any atom is 0.335 e. The lowest BCUT2D eigenvalue weighted by atomic mass is 10.1. The van der Waals surface area contributed by atoms with Crippen LogP contribution in [0.15, 0.2) is 66.2 Å². The molecule has 3 aromatic rings. The number of barbiturate groups is 1. The molecule has 1 heterocycles. The molecule has 4 rings (SSSR count). The number of nitrogens with zero attached hydrogens (tertiary/aromatic N) is 1. The molecule has 188 valence electrons. The number of aryl methyl sites for hydroxylation is 1. The fraction of sp³-hybridized carbons (Fsp3) is 0.0769. The van der Waals surface area contributed by atoms with Crippen molar-refractivity contribution in [2.75, 3.05) is 16.8 Å². The van der Waals surface area contributed by atoms with E-state index in [9.17, 15) is 23.6 Å². The van der Waals surface area contributed by atoms with E-state index < -0.39 is 36.2 Å². The van der Waals surface area contributed by atoms with Gasteiger partial charge in [-0.05, 0) is 60.5 Å². The topological polar surface area (TPSA) is 105 Å². The van der Waals surface area contributed by atoms with Crippen LogP contribution in [-0.4, -0.2) is 30.4 Å². The van der Waals surface area contributed by atoms with E-state index in [4.69, 9.17) is 27.9 Å². The molecule has 0 aliphatic carbocycles. The van der Waals surface area contributed by atoms with Crippen molar-refractivity contribution in [3.05, 3.63) is 93.2 Å². The van der Waals surface area contributed by atoms with Gasteiger partial charge in [-0.2, -0.15) is 0 Å². The Kier molecular flexibility index (Phi) is 7.56. The number of para-hydroxylation sites is 1. The van der Waals surface area contributed by atoms with Gasteiger partial charge in [-0.25, -0.2) is 14.1 Å². The van der Waals surface area contributed by atoms with Gasteiger partial charge >= 0.3 is 6.03 Å². The summed E-state index contributed by atoms with van der Waals surface area (Å²) in [7, 11) is 0. The van der Waals surface area contributed by atoms with Gasteiger partial charge < -0.3 is 10.1 Å². The lowest BCUT2D eigenvalue weighted by molar-refractivity contribution is -0.122. The van der Waals surface area contributed by atoms with E-state index in [1.165, 1.54) is 54.6 Å². The first kappa shape index (κ1) is 25.9. The summed E-state index contributed by atoms with van der Waals surface area (Å²) >= 11 is 12.4. The molecule has 1 saturated heterocycles. The second-order valence-electron chi connectivity index (χ2n) is 7.90. The Balaban J connectivity index is 1.49. The van der Waals surface area contributed by atoms with Crippen LogP contribution in [0, 0.1) is 12.7 Å². The standard InChI is InChI=1S/C26H18Cl2FN3O5/c1-14-6-8-16(12-18(14)27)32-25(35)17(24(34)31-26(32)36)10-15-7-9-22(19(28)11-15)37-13-23(33)30-21-5-3-2-4-20(21)29/h2-12H,13H2,1H3,(H,30,33)(H,31,34,36)/b17-10+. The molecular formula is C26H18Cl2FN3O5. The molecule has 0 atom stereocenters. The van der Waals surface area contributed by atoms with Crippen LogP contribution >= 0.6 is 23.2 Å². The van der Waals surface area contributed by atoms with Gasteiger partial charge in [0, 0.05) is 5.02 Å². The molecule has 1 aliphatic rings. The zero-order chi connectivity index (χ0) is 26.7. The van der Waals surface area contributed by atoms with Crippen molar-refractivity contribution < 1.29 is 28.3 Å². The van der Waals surface area contributed by atoms with Crippen molar-refractivity contribution in [3.63, 3.8) is 0 Å². The second kappa shape index (κ2) is 10.8. The van der Waals surface area contributed by atoms with Crippen molar-refractivity contribution >= 4 is 64.4 Å². The number of halogens is 3. The number of carbonyl (C=O) groups is 4. The highest BCUT2D eigenvalue weighted by Gasteiger charge is 2.37. The molecule has 0 spiro atoms. The fourth-order valence-corrected chi connectivity index (χ4v) is 3.81. The van der Waals surface area contributed by atoms with Crippen LogP contribution in [0.5, 0.6) is 5.75 Å². The monoisotopic (exact) mass is 541 g/mol. The summed E-state index contributed by atoms with van der Waals surface area (Å²) < 4.78 is 19.1. The van der Waals surface area contributed by atoms with Crippen LogP contribution in [-0.2, 0) is 14.4 Å². The number of carbonyl (C=O) groups excluding carboxylic acids is 4. The molecule has 3 aromatic carbocycles. The number of urea groups is 1. The highest BCUT2D eigenvalue weighted by atomic mass is 35.5. The quantitative estimate of drug-likeness (QED) is 0.332. The van der Waals surface area contributed by atoms with Crippen LogP contribution in [0.2, 0.25) is 10.0 Å². The summed E-state index contributed by atoms with van der Waals surface area (Å²) in [6.07, 6.45) is 1.27. The van der Waals surface area contributed by atoms with E-state index in [1.807, 2.05) is 0 Å². The summed E-state index contributed by atoms with van der Waals surface area (Å²) in [6, 6.07) is 13.8. The summed E-state index contributed by atoms with van der Waals surface area (Å²) in [5.41, 5.74) is 1.03. The summed E-state index contributed by atoms with van der Waals surface area (Å²) in [4.78, 5) is 50.8. The Morgan fingerprint density at radius 2 is 1.81 bits per heavy atom. The van der Waals surface area contributed by atoms with Crippen molar-refractivity contribution in [1.82, 2.24) is 5.32 Å². The average Bonchev–Trinajstić information content (AvgIpc) is 2.84. The lowest BCUT2D eigenvalue weighted by Crippen LogP contribution is -2.54. The van der Waals surface area contributed by atoms with E-state index >= 15 is 0 Å². The van der Waals surface area contributed by atoms with Gasteiger partial charge in [0.15, 0.2) is 6.61 Å². The Labute approximate surface area is 220 Å². The zero-order valence-corrected chi connectivity index (χ0v) is 20.7. The molecule has 8 nitrogen and oxygen atoms in total. The summed E-state index contributed by atoms with van der Waals surface area (Å²) in [5, 5.41) is 4.97.